The molecule has 37 heavy (non-hydrogen) atoms. The van der Waals surface area contributed by atoms with Gasteiger partial charge in [-0.05, 0) is 48.4 Å². The lowest BCUT2D eigenvalue weighted by molar-refractivity contribution is 0.415. The molecule has 2 aromatic heterocycles. The molecule has 5 rings (SSSR count). The minimum atomic E-state index is -0.515. The number of benzene rings is 3. The van der Waals surface area contributed by atoms with Crippen LogP contribution in [0, 0.1) is 11.3 Å². The van der Waals surface area contributed by atoms with E-state index in [2.05, 4.69) is 21.4 Å². The van der Waals surface area contributed by atoms with E-state index in [-0.39, 0.29) is 22.9 Å². The molecule has 0 aliphatic carbocycles. The molecule has 9 nitrogen and oxygen atoms in total. The molecule has 0 spiro atoms. The van der Waals surface area contributed by atoms with Crippen LogP contribution in [0.15, 0.2) is 83.8 Å². The van der Waals surface area contributed by atoms with E-state index in [1.54, 1.807) is 11.7 Å². The van der Waals surface area contributed by atoms with Gasteiger partial charge >= 0.3 is 0 Å². The number of methoxy groups -OCH3 is 1. The summed E-state index contributed by atoms with van der Waals surface area (Å²) in [4.78, 5) is 27.2. The van der Waals surface area contributed by atoms with E-state index in [0.29, 0.717) is 28.2 Å². The SMILES string of the molecule is COc1cccc(-c2cccc3nc([C@H](C)Nc4nc(N)ncc4C#N)n(-c4ccccc4)c(=O)c23)c1. The molecule has 3 aromatic carbocycles. The summed E-state index contributed by atoms with van der Waals surface area (Å²) >= 11 is 0. The molecule has 0 saturated heterocycles. The summed E-state index contributed by atoms with van der Waals surface area (Å²) in [6.07, 6.45) is 1.36. The molecule has 0 aliphatic heterocycles. The van der Waals surface area contributed by atoms with Crippen LogP contribution in [-0.4, -0.2) is 26.6 Å². The van der Waals surface area contributed by atoms with Gasteiger partial charge in [0.1, 0.15) is 29.0 Å². The summed E-state index contributed by atoms with van der Waals surface area (Å²) in [5.41, 5.74) is 8.57. The smallest absolute Gasteiger partial charge is 0.266 e. The lowest BCUT2D eigenvalue weighted by Crippen LogP contribution is -2.28. The number of hydrogen-bond donors (Lipinski definition) is 2. The number of nitriles is 1. The highest BCUT2D eigenvalue weighted by molar-refractivity contribution is 5.94. The Balaban J connectivity index is 1.74. The molecule has 0 amide bonds. The van der Waals surface area contributed by atoms with Gasteiger partial charge in [-0.3, -0.25) is 9.36 Å². The maximum Gasteiger partial charge on any atom is 0.266 e. The molecule has 0 unspecified atom stereocenters. The zero-order valence-corrected chi connectivity index (χ0v) is 20.2. The summed E-state index contributed by atoms with van der Waals surface area (Å²) in [6.45, 7) is 1.85. The summed E-state index contributed by atoms with van der Waals surface area (Å²) in [6, 6.07) is 24.0. The lowest BCUT2D eigenvalue weighted by Gasteiger charge is -2.21. The molecular formula is C28H23N7O2. The van der Waals surface area contributed by atoms with E-state index in [4.69, 9.17) is 15.5 Å². The number of rotatable bonds is 6. The second kappa shape index (κ2) is 9.79. The highest BCUT2D eigenvalue weighted by Crippen LogP contribution is 2.30. The Kier molecular flexibility index (Phi) is 6.22. The number of ether oxygens (including phenoxy) is 1. The van der Waals surface area contributed by atoms with Crippen molar-refractivity contribution in [2.75, 3.05) is 18.2 Å². The topological polar surface area (TPSA) is 132 Å². The van der Waals surface area contributed by atoms with Gasteiger partial charge in [-0.15, -0.1) is 0 Å². The average Bonchev–Trinajstić information content (AvgIpc) is 2.93. The third-order valence-electron chi connectivity index (χ3n) is 5.99. The quantitative estimate of drug-likeness (QED) is 0.357. The first-order valence-electron chi connectivity index (χ1n) is 11.5. The van der Waals surface area contributed by atoms with E-state index in [0.717, 1.165) is 11.1 Å². The van der Waals surface area contributed by atoms with Crippen LogP contribution in [-0.2, 0) is 0 Å². The van der Waals surface area contributed by atoms with Crippen molar-refractivity contribution < 1.29 is 4.74 Å². The van der Waals surface area contributed by atoms with Crippen molar-refractivity contribution in [3.8, 4) is 28.6 Å². The van der Waals surface area contributed by atoms with Gasteiger partial charge < -0.3 is 15.8 Å². The normalized spacial score (nSPS) is 11.6. The monoisotopic (exact) mass is 489 g/mol. The van der Waals surface area contributed by atoms with Crippen molar-refractivity contribution in [2.24, 2.45) is 0 Å². The largest absolute Gasteiger partial charge is 0.497 e. The molecule has 0 fully saturated rings. The predicted octanol–water partition coefficient (Wildman–Crippen LogP) is 4.48. The van der Waals surface area contributed by atoms with Gasteiger partial charge in [0.2, 0.25) is 5.95 Å². The van der Waals surface area contributed by atoms with Gasteiger partial charge in [-0.1, -0.05) is 42.5 Å². The fraction of sp³-hybridized carbons (Fsp3) is 0.107. The fourth-order valence-electron chi connectivity index (χ4n) is 4.25. The summed E-state index contributed by atoms with van der Waals surface area (Å²) in [5.74, 6) is 1.44. The third-order valence-corrected chi connectivity index (χ3v) is 5.99. The molecule has 5 aromatic rings. The molecule has 0 radical (unpaired) electrons. The minimum Gasteiger partial charge on any atom is -0.497 e. The van der Waals surface area contributed by atoms with Crippen LogP contribution < -0.4 is 21.3 Å². The van der Waals surface area contributed by atoms with Gasteiger partial charge in [0, 0.05) is 0 Å². The van der Waals surface area contributed by atoms with E-state index < -0.39 is 6.04 Å². The van der Waals surface area contributed by atoms with Crippen LogP contribution >= 0.6 is 0 Å². The Morgan fingerprint density at radius 3 is 2.59 bits per heavy atom. The number of hydrogen-bond acceptors (Lipinski definition) is 8. The number of anilines is 2. The zero-order valence-electron chi connectivity index (χ0n) is 20.2. The average molecular weight is 490 g/mol. The molecule has 0 aliphatic rings. The second-order valence-corrected chi connectivity index (χ2v) is 8.35. The molecule has 1 atom stereocenters. The Bertz CT molecular complexity index is 1710. The van der Waals surface area contributed by atoms with Gasteiger partial charge in [-0.2, -0.15) is 10.2 Å². The summed E-state index contributed by atoms with van der Waals surface area (Å²) in [7, 11) is 1.61. The number of aromatic nitrogens is 4. The first kappa shape index (κ1) is 23.5. The summed E-state index contributed by atoms with van der Waals surface area (Å²) < 4.78 is 6.98. The van der Waals surface area contributed by atoms with E-state index >= 15 is 0 Å². The number of nitrogens with one attached hydrogen (secondary N) is 1. The van der Waals surface area contributed by atoms with E-state index in [1.165, 1.54) is 6.20 Å². The zero-order chi connectivity index (χ0) is 25.9. The highest BCUT2D eigenvalue weighted by atomic mass is 16.5. The number of nitrogens with zero attached hydrogens (tertiary/aromatic N) is 5. The number of nitrogen functional groups attached to an aromatic ring is 1. The van der Waals surface area contributed by atoms with Crippen LogP contribution in [0.3, 0.4) is 0 Å². The van der Waals surface area contributed by atoms with Crippen molar-refractivity contribution in [2.45, 2.75) is 13.0 Å². The fourth-order valence-corrected chi connectivity index (χ4v) is 4.25. The highest BCUT2D eigenvalue weighted by Gasteiger charge is 2.21. The second-order valence-electron chi connectivity index (χ2n) is 8.35. The van der Waals surface area contributed by atoms with Crippen LogP contribution in [0.1, 0.15) is 24.4 Å². The minimum absolute atomic E-state index is 0.0311. The maximum atomic E-state index is 14.2. The van der Waals surface area contributed by atoms with Crippen molar-refractivity contribution in [1.29, 1.82) is 5.26 Å². The summed E-state index contributed by atoms with van der Waals surface area (Å²) in [5, 5.41) is 13.2. The molecule has 182 valence electrons. The predicted molar refractivity (Wildman–Crippen MR) is 143 cm³/mol. The van der Waals surface area contributed by atoms with E-state index in [1.807, 2.05) is 79.7 Å². The molecule has 2 heterocycles. The first-order chi connectivity index (χ1) is 18.0. The molecular weight excluding hydrogens is 466 g/mol. The van der Waals surface area contributed by atoms with Crippen LogP contribution in [0.2, 0.25) is 0 Å². The lowest BCUT2D eigenvalue weighted by atomic mass is 10.0. The Morgan fingerprint density at radius 1 is 1.05 bits per heavy atom. The molecule has 9 heteroatoms. The van der Waals surface area contributed by atoms with Crippen molar-refractivity contribution in [1.82, 2.24) is 19.5 Å². The van der Waals surface area contributed by atoms with Crippen LogP contribution in [0.25, 0.3) is 27.7 Å². The van der Waals surface area contributed by atoms with Gasteiger partial charge in [0.05, 0.1) is 35.9 Å². The molecule has 0 bridgehead atoms. The first-order valence-corrected chi connectivity index (χ1v) is 11.5. The van der Waals surface area contributed by atoms with Crippen molar-refractivity contribution in [3.05, 3.63) is 101 Å². The third kappa shape index (κ3) is 4.44. The number of para-hydroxylation sites is 1. The number of fused-ring (bicyclic) bond motifs is 1. The van der Waals surface area contributed by atoms with Crippen LogP contribution in [0.4, 0.5) is 11.8 Å². The Hall–Kier alpha value is -5.23. The maximum absolute atomic E-state index is 14.2. The van der Waals surface area contributed by atoms with Crippen molar-refractivity contribution >= 4 is 22.7 Å². The number of nitrogens with two attached hydrogens (primary N) is 1. The molecule has 0 saturated carbocycles. The van der Waals surface area contributed by atoms with Gasteiger partial charge in [0.25, 0.3) is 5.56 Å². The Morgan fingerprint density at radius 2 is 1.84 bits per heavy atom. The Labute approximate surface area is 212 Å². The van der Waals surface area contributed by atoms with Gasteiger partial charge in [-0.25, -0.2) is 9.97 Å². The van der Waals surface area contributed by atoms with E-state index in [9.17, 15) is 10.1 Å². The molecule has 3 N–H and O–H groups in total. The standard InChI is InChI=1S/C28H23N7O2/c1-17(32-25-19(15-29)16-31-28(30)34-25)26-33-23-13-7-12-22(18-8-6-11-21(14-18)37-2)24(23)27(36)35(26)20-9-4-3-5-10-20/h3-14,16-17H,1-2H3,(H3,30,31,32,34)/t17-/m0/s1. The van der Waals surface area contributed by atoms with Gasteiger partial charge in [0.15, 0.2) is 0 Å². The van der Waals surface area contributed by atoms with Crippen LogP contribution in [0.5, 0.6) is 5.75 Å². The van der Waals surface area contributed by atoms with Crippen molar-refractivity contribution in [3.63, 3.8) is 0 Å².